The standard InChI is InChI=1S/C22H20ClF3N2O5S2/c1-4-33-16-10-9-15(11-17(16)32-3)28(2)35(30,31)18-12-19(23)34-20(18)21(29)27-14-7-5-13(6-8-14)22(24,25)26/h5-12H,4H2,1-3H3,(H,27,29). The van der Waals surface area contributed by atoms with E-state index in [9.17, 15) is 26.4 Å². The van der Waals surface area contributed by atoms with Crippen LogP contribution in [-0.2, 0) is 16.2 Å². The molecule has 0 spiro atoms. The number of nitrogens with zero attached hydrogens (tertiary/aromatic N) is 1. The van der Waals surface area contributed by atoms with Crippen molar-refractivity contribution in [2.24, 2.45) is 0 Å². The molecule has 0 unspecified atom stereocenters. The number of anilines is 2. The summed E-state index contributed by atoms with van der Waals surface area (Å²) in [4.78, 5) is 12.3. The van der Waals surface area contributed by atoms with Gasteiger partial charge in [0.15, 0.2) is 11.5 Å². The largest absolute Gasteiger partial charge is 0.493 e. The molecule has 0 aliphatic heterocycles. The number of rotatable bonds is 8. The van der Waals surface area contributed by atoms with E-state index in [1.807, 2.05) is 0 Å². The van der Waals surface area contributed by atoms with E-state index in [4.69, 9.17) is 21.1 Å². The number of methoxy groups -OCH3 is 1. The van der Waals surface area contributed by atoms with E-state index in [1.165, 1.54) is 26.3 Å². The molecule has 1 N–H and O–H groups in total. The number of carbonyl (C=O) groups is 1. The third-order valence-electron chi connectivity index (χ3n) is 4.79. The molecule has 13 heteroatoms. The summed E-state index contributed by atoms with van der Waals surface area (Å²) in [5.74, 6) is -0.0901. The lowest BCUT2D eigenvalue weighted by molar-refractivity contribution is -0.137. The molecule has 0 bridgehead atoms. The second-order valence-electron chi connectivity index (χ2n) is 7.01. The van der Waals surface area contributed by atoms with Gasteiger partial charge >= 0.3 is 6.18 Å². The molecule has 0 radical (unpaired) electrons. The molecule has 0 saturated carbocycles. The summed E-state index contributed by atoms with van der Waals surface area (Å²) >= 11 is 6.77. The highest BCUT2D eigenvalue weighted by Gasteiger charge is 2.32. The summed E-state index contributed by atoms with van der Waals surface area (Å²) in [5, 5.41) is 2.41. The van der Waals surface area contributed by atoms with Gasteiger partial charge in [-0.2, -0.15) is 13.2 Å². The van der Waals surface area contributed by atoms with Crippen molar-refractivity contribution in [2.75, 3.05) is 30.4 Å². The van der Waals surface area contributed by atoms with E-state index in [0.717, 1.165) is 46.0 Å². The van der Waals surface area contributed by atoms with Gasteiger partial charge in [0.25, 0.3) is 15.9 Å². The molecule has 0 aliphatic rings. The Kier molecular flexibility index (Phi) is 7.87. The van der Waals surface area contributed by atoms with Crippen LogP contribution in [0.5, 0.6) is 11.5 Å². The van der Waals surface area contributed by atoms with Crippen LogP contribution in [0.4, 0.5) is 24.5 Å². The Hall–Kier alpha value is -2.96. The molecule has 3 aromatic rings. The fourth-order valence-corrected chi connectivity index (χ4v) is 5.92. The number of ether oxygens (including phenoxy) is 2. The first kappa shape index (κ1) is 26.6. The van der Waals surface area contributed by atoms with Gasteiger partial charge in [-0.3, -0.25) is 9.10 Å². The van der Waals surface area contributed by atoms with Gasteiger partial charge in [-0.15, -0.1) is 11.3 Å². The van der Waals surface area contributed by atoms with Crippen molar-refractivity contribution in [3.8, 4) is 11.5 Å². The summed E-state index contributed by atoms with van der Waals surface area (Å²) in [6.45, 7) is 2.18. The van der Waals surface area contributed by atoms with Crippen LogP contribution in [0.1, 0.15) is 22.2 Å². The third kappa shape index (κ3) is 5.82. The van der Waals surface area contributed by atoms with Gasteiger partial charge in [0.2, 0.25) is 0 Å². The maximum Gasteiger partial charge on any atom is 0.416 e. The summed E-state index contributed by atoms with van der Waals surface area (Å²) in [6, 6.07) is 9.45. The Morgan fingerprint density at radius 2 is 1.77 bits per heavy atom. The minimum Gasteiger partial charge on any atom is -0.493 e. The number of hydrogen-bond donors (Lipinski definition) is 1. The molecule has 1 amide bonds. The second-order valence-corrected chi connectivity index (χ2v) is 10.6. The van der Waals surface area contributed by atoms with Gasteiger partial charge in [0.1, 0.15) is 9.77 Å². The number of sulfonamides is 1. The van der Waals surface area contributed by atoms with Crippen LogP contribution in [0.2, 0.25) is 4.34 Å². The number of halogens is 4. The minimum atomic E-state index is -4.53. The Labute approximate surface area is 209 Å². The lowest BCUT2D eigenvalue weighted by Crippen LogP contribution is -2.28. The van der Waals surface area contributed by atoms with E-state index in [2.05, 4.69) is 5.32 Å². The maximum absolute atomic E-state index is 13.4. The third-order valence-corrected chi connectivity index (χ3v) is 8.00. The summed E-state index contributed by atoms with van der Waals surface area (Å²) in [6.07, 6.45) is -4.53. The normalized spacial score (nSPS) is 11.7. The first-order chi connectivity index (χ1) is 16.4. The van der Waals surface area contributed by atoms with Crippen molar-refractivity contribution in [1.29, 1.82) is 0 Å². The molecule has 0 aliphatic carbocycles. The van der Waals surface area contributed by atoms with E-state index in [1.54, 1.807) is 13.0 Å². The number of carbonyl (C=O) groups excluding carboxylic acids is 1. The van der Waals surface area contributed by atoms with Gasteiger partial charge in [0, 0.05) is 18.8 Å². The summed E-state index contributed by atoms with van der Waals surface area (Å²) in [5.41, 5.74) is -0.590. The van der Waals surface area contributed by atoms with Crippen LogP contribution >= 0.6 is 22.9 Å². The first-order valence-electron chi connectivity index (χ1n) is 9.96. The molecule has 35 heavy (non-hydrogen) atoms. The molecular weight excluding hydrogens is 529 g/mol. The highest BCUT2D eigenvalue weighted by molar-refractivity contribution is 7.93. The zero-order chi connectivity index (χ0) is 26.0. The van der Waals surface area contributed by atoms with Crippen molar-refractivity contribution < 1.29 is 35.9 Å². The number of thiophene rings is 1. The molecule has 0 atom stereocenters. The zero-order valence-corrected chi connectivity index (χ0v) is 21.0. The van der Waals surface area contributed by atoms with Gasteiger partial charge in [-0.1, -0.05) is 11.6 Å². The summed E-state index contributed by atoms with van der Waals surface area (Å²) < 4.78 is 76.8. The van der Waals surface area contributed by atoms with E-state index in [-0.39, 0.29) is 25.5 Å². The minimum absolute atomic E-state index is 0.0406. The van der Waals surface area contributed by atoms with Crippen molar-refractivity contribution in [2.45, 2.75) is 18.0 Å². The van der Waals surface area contributed by atoms with Crippen LogP contribution in [0.15, 0.2) is 53.4 Å². The first-order valence-corrected chi connectivity index (χ1v) is 12.6. The van der Waals surface area contributed by atoms with Crippen LogP contribution < -0.4 is 19.1 Å². The molecule has 7 nitrogen and oxygen atoms in total. The van der Waals surface area contributed by atoms with Gasteiger partial charge in [-0.05, 0) is 49.4 Å². The van der Waals surface area contributed by atoms with Crippen LogP contribution in [0, 0.1) is 0 Å². The Morgan fingerprint density at radius 3 is 2.34 bits per heavy atom. The smallest absolute Gasteiger partial charge is 0.416 e. The molecule has 0 fully saturated rings. The topological polar surface area (TPSA) is 84.9 Å². The average molecular weight is 549 g/mol. The molecule has 0 saturated heterocycles. The Morgan fingerprint density at radius 1 is 1.11 bits per heavy atom. The van der Waals surface area contributed by atoms with Gasteiger partial charge in [-0.25, -0.2) is 8.42 Å². The van der Waals surface area contributed by atoms with E-state index < -0.39 is 27.7 Å². The Bertz CT molecular complexity index is 1330. The fraction of sp³-hybridized carbons (Fsp3) is 0.227. The van der Waals surface area contributed by atoms with Crippen molar-refractivity contribution in [1.82, 2.24) is 0 Å². The predicted molar refractivity (Wildman–Crippen MR) is 128 cm³/mol. The predicted octanol–water partition coefficient (Wildman–Crippen LogP) is 5.91. The number of alkyl halides is 3. The van der Waals surface area contributed by atoms with E-state index >= 15 is 0 Å². The van der Waals surface area contributed by atoms with E-state index in [0.29, 0.717) is 18.1 Å². The molecule has 3 rings (SSSR count). The summed E-state index contributed by atoms with van der Waals surface area (Å²) in [7, 11) is -1.55. The van der Waals surface area contributed by atoms with Crippen molar-refractivity contribution >= 4 is 50.2 Å². The lowest BCUT2D eigenvalue weighted by Gasteiger charge is -2.21. The zero-order valence-electron chi connectivity index (χ0n) is 18.6. The molecule has 1 heterocycles. The molecule has 1 aromatic heterocycles. The fourth-order valence-electron chi connectivity index (χ4n) is 3.04. The van der Waals surface area contributed by atoms with Crippen LogP contribution in [0.25, 0.3) is 0 Å². The second kappa shape index (κ2) is 10.3. The van der Waals surface area contributed by atoms with Crippen molar-refractivity contribution in [3.63, 3.8) is 0 Å². The number of amides is 1. The molecular formula is C22H20ClF3N2O5S2. The van der Waals surface area contributed by atoms with Gasteiger partial charge in [0.05, 0.1) is 29.3 Å². The Balaban J connectivity index is 1.91. The average Bonchev–Trinajstić information content (AvgIpc) is 3.21. The number of nitrogens with one attached hydrogen (secondary N) is 1. The number of benzene rings is 2. The quantitative estimate of drug-likeness (QED) is 0.378. The highest BCUT2D eigenvalue weighted by Crippen LogP contribution is 2.37. The van der Waals surface area contributed by atoms with Crippen LogP contribution in [0.3, 0.4) is 0 Å². The molecule has 188 valence electrons. The lowest BCUT2D eigenvalue weighted by atomic mass is 10.2. The van der Waals surface area contributed by atoms with Crippen LogP contribution in [-0.4, -0.2) is 35.1 Å². The highest BCUT2D eigenvalue weighted by atomic mass is 35.5. The number of hydrogen-bond acceptors (Lipinski definition) is 6. The monoisotopic (exact) mass is 548 g/mol. The van der Waals surface area contributed by atoms with Gasteiger partial charge < -0.3 is 14.8 Å². The SMILES string of the molecule is CCOc1ccc(N(C)S(=O)(=O)c2cc(Cl)sc2C(=O)Nc2ccc(C(F)(F)F)cc2)cc1OC. The van der Waals surface area contributed by atoms with Crippen molar-refractivity contribution in [3.05, 3.63) is 63.3 Å². The maximum atomic E-state index is 13.4. The molecule has 2 aromatic carbocycles.